The maximum atomic E-state index is 14.2. The molecule has 7 rings (SSSR count). The molecule has 6 aromatic rings. The fraction of sp³-hybridized carbons (Fsp3) is 0.0811. The fourth-order valence-corrected chi connectivity index (χ4v) is 6.60. The summed E-state index contributed by atoms with van der Waals surface area (Å²) in [5.41, 5.74) is 8.95. The highest BCUT2D eigenvalue weighted by Gasteiger charge is 2.40. The lowest BCUT2D eigenvalue weighted by molar-refractivity contribution is 0.0925. The average Bonchev–Trinajstić information content (AvgIpc) is 3.48. The Morgan fingerprint density at radius 3 is 2.21 bits per heavy atom. The molecule has 204 valence electrons. The van der Waals surface area contributed by atoms with Crippen molar-refractivity contribution in [3.05, 3.63) is 136 Å². The van der Waals surface area contributed by atoms with Crippen molar-refractivity contribution in [2.45, 2.75) is 20.8 Å². The molecule has 6 nitrogen and oxygen atoms in total. The van der Waals surface area contributed by atoms with E-state index in [9.17, 15) is 14.9 Å². The fourth-order valence-electron chi connectivity index (χ4n) is 6.60. The van der Waals surface area contributed by atoms with Gasteiger partial charge in [0.2, 0.25) is 0 Å². The van der Waals surface area contributed by atoms with Gasteiger partial charge >= 0.3 is 0 Å². The van der Waals surface area contributed by atoms with E-state index in [4.69, 9.17) is 6.57 Å². The Kier molecular flexibility index (Phi) is 5.76. The largest absolute Gasteiger partial charge is 0.308 e. The van der Waals surface area contributed by atoms with Gasteiger partial charge in [-0.05, 0) is 85.5 Å². The first-order valence-electron chi connectivity index (χ1n) is 13.9. The van der Waals surface area contributed by atoms with Crippen LogP contribution in [0.25, 0.3) is 43.5 Å². The van der Waals surface area contributed by atoms with E-state index in [0.29, 0.717) is 33.8 Å². The van der Waals surface area contributed by atoms with Gasteiger partial charge in [0.1, 0.15) is 0 Å². The highest BCUT2D eigenvalue weighted by molar-refractivity contribution is 6.36. The quantitative estimate of drug-likeness (QED) is 0.162. The van der Waals surface area contributed by atoms with E-state index in [1.807, 2.05) is 92.1 Å². The summed E-state index contributed by atoms with van der Waals surface area (Å²) in [6.07, 6.45) is 0. The number of imide groups is 1. The lowest BCUT2D eigenvalue weighted by Gasteiger charge is -2.20. The Labute approximate surface area is 248 Å². The minimum absolute atomic E-state index is 0.335. The molecule has 0 atom stereocenters. The highest BCUT2D eigenvalue weighted by Crippen LogP contribution is 2.42. The van der Waals surface area contributed by atoms with Crippen molar-refractivity contribution in [2.24, 2.45) is 0 Å². The molecule has 0 N–H and O–H groups in total. The van der Waals surface area contributed by atoms with E-state index in [1.165, 1.54) is 4.90 Å². The summed E-state index contributed by atoms with van der Waals surface area (Å²) in [5, 5.41) is 11.5. The number of aromatic nitrogens is 1. The predicted octanol–water partition coefficient (Wildman–Crippen LogP) is 8.60. The van der Waals surface area contributed by atoms with Crippen LogP contribution in [0.1, 0.15) is 43.0 Å². The molecule has 5 aromatic carbocycles. The van der Waals surface area contributed by atoms with E-state index in [-0.39, 0.29) is 11.8 Å². The van der Waals surface area contributed by atoms with Crippen LogP contribution in [0.3, 0.4) is 0 Å². The third kappa shape index (κ3) is 3.78. The van der Waals surface area contributed by atoms with Crippen LogP contribution in [-0.2, 0) is 0 Å². The minimum Gasteiger partial charge on any atom is -0.308 e. The number of hydrogen-bond donors (Lipinski definition) is 0. The van der Waals surface area contributed by atoms with Crippen LogP contribution in [0, 0.1) is 38.7 Å². The Bertz CT molecular complexity index is 2240. The molecule has 2 amide bonds. The molecule has 1 aliphatic rings. The summed E-state index contributed by atoms with van der Waals surface area (Å²) in [6, 6.07) is 30.6. The van der Waals surface area contributed by atoms with E-state index in [1.54, 1.807) is 24.3 Å². The summed E-state index contributed by atoms with van der Waals surface area (Å²) < 4.78 is 2.04. The van der Waals surface area contributed by atoms with E-state index < -0.39 is 0 Å². The third-order valence-electron chi connectivity index (χ3n) is 8.18. The number of fused-ring (bicyclic) bond motifs is 4. The molecule has 1 aromatic heterocycles. The number of carbonyl (C=O) groups excluding carboxylic acids is 2. The normalized spacial score (nSPS) is 12.5. The molecule has 0 saturated carbocycles. The van der Waals surface area contributed by atoms with E-state index in [2.05, 4.69) is 10.9 Å². The van der Waals surface area contributed by atoms with Crippen molar-refractivity contribution in [2.75, 3.05) is 4.90 Å². The van der Waals surface area contributed by atoms with Crippen molar-refractivity contribution in [1.82, 2.24) is 4.57 Å². The third-order valence-corrected chi connectivity index (χ3v) is 8.18. The van der Waals surface area contributed by atoms with Crippen LogP contribution >= 0.6 is 0 Å². The van der Waals surface area contributed by atoms with Gasteiger partial charge in [0.25, 0.3) is 11.8 Å². The van der Waals surface area contributed by atoms with Gasteiger partial charge in [-0.2, -0.15) is 5.26 Å². The zero-order valence-electron chi connectivity index (χ0n) is 23.8. The lowest BCUT2D eigenvalue weighted by Crippen LogP contribution is -2.31. The van der Waals surface area contributed by atoms with Crippen molar-refractivity contribution in [3.63, 3.8) is 0 Å². The second kappa shape index (κ2) is 9.55. The Balaban J connectivity index is 1.51. The van der Waals surface area contributed by atoms with Gasteiger partial charge < -0.3 is 4.57 Å². The maximum absolute atomic E-state index is 14.2. The van der Waals surface area contributed by atoms with Crippen molar-refractivity contribution < 1.29 is 9.59 Å². The average molecular weight is 557 g/mol. The molecule has 0 bridgehead atoms. The zero-order chi connectivity index (χ0) is 30.0. The Hall–Kier alpha value is -5.98. The van der Waals surface area contributed by atoms with E-state index >= 15 is 0 Å². The first-order chi connectivity index (χ1) is 20.8. The summed E-state index contributed by atoms with van der Waals surface area (Å²) in [7, 11) is 0. The maximum Gasteiger partial charge on any atom is 0.268 e. The highest BCUT2D eigenvalue weighted by atomic mass is 16.2. The second-order valence-corrected chi connectivity index (χ2v) is 10.9. The molecular formula is C37H24N4O2. The number of amides is 2. The van der Waals surface area contributed by atoms with Gasteiger partial charge in [0, 0.05) is 16.3 Å². The molecule has 0 saturated heterocycles. The predicted molar refractivity (Wildman–Crippen MR) is 169 cm³/mol. The Morgan fingerprint density at radius 2 is 1.47 bits per heavy atom. The number of benzene rings is 5. The molecule has 0 fully saturated rings. The van der Waals surface area contributed by atoms with Crippen molar-refractivity contribution >= 4 is 45.0 Å². The molecule has 0 radical (unpaired) electrons. The van der Waals surface area contributed by atoms with E-state index in [0.717, 1.165) is 49.6 Å². The van der Waals surface area contributed by atoms with Crippen LogP contribution < -0.4 is 4.90 Å². The van der Waals surface area contributed by atoms with Crippen molar-refractivity contribution in [3.8, 4) is 22.9 Å². The molecule has 0 spiro atoms. The first-order valence-corrected chi connectivity index (χ1v) is 13.9. The van der Waals surface area contributed by atoms with Crippen molar-refractivity contribution in [1.29, 1.82) is 5.26 Å². The molecule has 0 unspecified atom stereocenters. The minimum atomic E-state index is -0.351. The number of hydrogen-bond acceptors (Lipinski definition) is 3. The smallest absolute Gasteiger partial charge is 0.268 e. The molecule has 0 aliphatic carbocycles. The number of carbonyl (C=O) groups is 2. The van der Waals surface area contributed by atoms with Gasteiger partial charge in [-0.25, -0.2) is 9.74 Å². The van der Waals surface area contributed by atoms with Crippen LogP contribution in [0.5, 0.6) is 0 Å². The number of rotatable bonds is 3. The summed E-state index contributed by atoms with van der Waals surface area (Å²) in [6.45, 7) is 13.4. The number of para-hydroxylation sites is 1. The number of nitriles is 1. The first kappa shape index (κ1) is 26.0. The van der Waals surface area contributed by atoms with Crippen LogP contribution in [0.15, 0.2) is 91.0 Å². The summed E-state index contributed by atoms with van der Waals surface area (Å²) in [5.74, 6) is -0.686. The monoisotopic (exact) mass is 556 g/mol. The van der Waals surface area contributed by atoms with Gasteiger partial charge in [-0.15, -0.1) is 0 Å². The van der Waals surface area contributed by atoms with Gasteiger partial charge in [0.15, 0.2) is 5.69 Å². The lowest BCUT2D eigenvalue weighted by atomic mass is 9.97. The number of anilines is 1. The molecule has 6 heteroatoms. The topological polar surface area (TPSA) is 70.5 Å². The van der Waals surface area contributed by atoms with Crippen LogP contribution in [0.2, 0.25) is 0 Å². The van der Waals surface area contributed by atoms with Crippen LogP contribution in [-0.4, -0.2) is 16.4 Å². The molecule has 1 aliphatic heterocycles. The summed E-state index contributed by atoms with van der Waals surface area (Å²) in [4.78, 5) is 33.0. The zero-order valence-corrected chi connectivity index (χ0v) is 23.8. The number of aryl methyl sites for hydroxylation is 3. The van der Waals surface area contributed by atoms with Gasteiger partial charge in [-0.3, -0.25) is 9.59 Å². The summed E-state index contributed by atoms with van der Waals surface area (Å²) >= 11 is 0. The van der Waals surface area contributed by atoms with Gasteiger partial charge in [0.05, 0.1) is 46.2 Å². The SMILES string of the molecule is [C-]#[N+]c1cc(C#N)cc(-c2cccc3c2c2ccccc2n3-c2cccc3c2C(=O)N(c2c(C)cc(C)cc2C)C3=O)c1. The molecule has 43 heavy (non-hydrogen) atoms. The number of nitrogens with zero attached hydrogens (tertiary/aromatic N) is 4. The Morgan fingerprint density at radius 1 is 0.767 bits per heavy atom. The molecular weight excluding hydrogens is 532 g/mol. The standard InChI is InChI=1S/C37H24N4O2/c1-21-15-22(2)35(23(3)16-21)41-36(42)29-11-8-14-32(34(29)37(41)43)40-30-12-6-5-9-28(30)33-27(10-7-13-31(33)40)25-17-24(20-38)18-26(19-25)39-4/h5-19H,1-3H3. The molecule has 2 heterocycles. The van der Waals surface area contributed by atoms with Gasteiger partial charge in [-0.1, -0.05) is 54.1 Å². The van der Waals surface area contributed by atoms with Crippen LogP contribution in [0.4, 0.5) is 11.4 Å². The second-order valence-electron chi connectivity index (χ2n) is 10.9.